The minimum Gasteiger partial charge on any atom is -0.463 e. The molecule has 1 unspecified atom stereocenters. The number of rotatable bonds is 5. The highest BCUT2D eigenvalue weighted by Crippen LogP contribution is 2.32. The molecule has 4 nitrogen and oxygen atoms in total. The number of hydrogen-bond donors (Lipinski definition) is 2. The molecule has 1 rings (SSSR count). The minimum absolute atomic E-state index is 0.0253. The van der Waals surface area contributed by atoms with E-state index in [0.717, 1.165) is 6.07 Å². The molecule has 0 amide bonds. The van der Waals surface area contributed by atoms with Gasteiger partial charge < -0.3 is 9.84 Å². The van der Waals surface area contributed by atoms with Gasteiger partial charge in [-0.2, -0.15) is 13.2 Å². The SMILES string of the molecule is CCOC(=O)C(N)(O)CCc1ccccc1C(F)(F)F. The number of alkyl halides is 3. The molecule has 1 aromatic carbocycles. The lowest BCUT2D eigenvalue weighted by atomic mass is 9.98. The van der Waals surface area contributed by atoms with Crippen molar-refractivity contribution in [3.63, 3.8) is 0 Å². The van der Waals surface area contributed by atoms with Crippen LogP contribution in [0.15, 0.2) is 24.3 Å². The maximum Gasteiger partial charge on any atom is 0.416 e. The van der Waals surface area contributed by atoms with E-state index in [1.807, 2.05) is 0 Å². The fraction of sp³-hybridized carbons (Fsp3) is 0.462. The molecule has 0 heterocycles. The van der Waals surface area contributed by atoms with Crippen LogP contribution in [0.2, 0.25) is 0 Å². The van der Waals surface area contributed by atoms with Gasteiger partial charge in [0.1, 0.15) is 0 Å². The van der Waals surface area contributed by atoms with E-state index < -0.39 is 23.4 Å². The van der Waals surface area contributed by atoms with Gasteiger partial charge in [-0.1, -0.05) is 18.2 Å². The van der Waals surface area contributed by atoms with Crippen molar-refractivity contribution < 1.29 is 27.8 Å². The number of aliphatic hydroxyl groups is 1. The highest BCUT2D eigenvalue weighted by molar-refractivity contribution is 5.78. The standard InChI is InChI=1S/C13H16F3NO3/c1-2-20-11(18)12(17,19)8-7-9-5-3-4-6-10(9)13(14,15)16/h3-6,19H,2,7-8,17H2,1H3. The van der Waals surface area contributed by atoms with Crippen molar-refractivity contribution >= 4 is 5.97 Å². The predicted octanol–water partition coefficient (Wildman–Crippen LogP) is 1.85. The average molecular weight is 291 g/mol. The Labute approximate surface area is 114 Å². The third kappa shape index (κ3) is 4.21. The van der Waals surface area contributed by atoms with E-state index in [-0.39, 0.29) is 25.0 Å². The first-order valence-corrected chi connectivity index (χ1v) is 6.02. The zero-order valence-electron chi connectivity index (χ0n) is 10.9. The summed E-state index contributed by atoms with van der Waals surface area (Å²) in [5, 5.41) is 9.69. The summed E-state index contributed by atoms with van der Waals surface area (Å²) in [5.41, 5.74) is 2.22. The molecule has 0 radical (unpaired) electrons. The number of aryl methyl sites for hydroxylation is 1. The topological polar surface area (TPSA) is 72.5 Å². The normalized spacial score (nSPS) is 14.7. The average Bonchev–Trinajstić information content (AvgIpc) is 2.36. The zero-order valence-corrected chi connectivity index (χ0v) is 10.9. The first kappa shape index (κ1) is 16.5. The van der Waals surface area contributed by atoms with Crippen LogP contribution in [0.1, 0.15) is 24.5 Å². The Morgan fingerprint density at radius 1 is 1.35 bits per heavy atom. The molecule has 0 aliphatic heterocycles. The van der Waals surface area contributed by atoms with Gasteiger partial charge in [-0.05, 0) is 25.0 Å². The third-order valence-corrected chi connectivity index (χ3v) is 2.73. The highest BCUT2D eigenvalue weighted by atomic mass is 19.4. The van der Waals surface area contributed by atoms with Gasteiger partial charge in [-0.15, -0.1) is 0 Å². The van der Waals surface area contributed by atoms with Gasteiger partial charge in [-0.25, -0.2) is 4.79 Å². The van der Waals surface area contributed by atoms with Crippen molar-refractivity contribution in [3.8, 4) is 0 Å². The van der Waals surface area contributed by atoms with E-state index in [1.165, 1.54) is 25.1 Å². The second-order valence-corrected chi connectivity index (χ2v) is 4.30. The molecular formula is C13H16F3NO3. The van der Waals surface area contributed by atoms with E-state index in [1.54, 1.807) is 0 Å². The number of nitrogens with two attached hydrogens (primary N) is 1. The number of hydrogen-bond acceptors (Lipinski definition) is 4. The molecule has 7 heteroatoms. The monoisotopic (exact) mass is 291 g/mol. The Bertz CT molecular complexity index is 472. The lowest BCUT2D eigenvalue weighted by Gasteiger charge is -2.21. The summed E-state index contributed by atoms with van der Waals surface area (Å²) < 4.78 is 42.8. The first-order valence-electron chi connectivity index (χ1n) is 6.02. The summed E-state index contributed by atoms with van der Waals surface area (Å²) in [6.45, 7) is 1.56. The molecule has 1 aromatic rings. The van der Waals surface area contributed by atoms with E-state index in [0.29, 0.717) is 0 Å². The number of esters is 1. The van der Waals surface area contributed by atoms with Crippen molar-refractivity contribution in [1.82, 2.24) is 0 Å². The molecule has 0 saturated carbocycles. The van der Waals surface area contributed by atoms with Gasteiger partial charge in [0.25, 0.3) is 0 Å². The van der Waals surface area contributed by atoms with Gasteiger partial charge >= 0.3 is 12.1 Å². The molecule has 0 aliphatic carbocycles. The van der Waals surface area contributed by atoms with Crippen LogP contribution in [-0.2, 0) is 22.1 Å². The van der Waals surface area contributed by atoms with E-state index in [9.17, 15) is 23.1 Å². The van der Waals surface area contributed by atoms with Crippen molar-refractivity contribution in [2.75, 3.05) is 6.61 Å². The minimum atomic E-state index is -4.49. The number of benzene rings is 1. The van der Waals surface area contributed by atoms with Crippen molar-refractivity contribution in [3.05, 3.63) is 35.4 Å². The van der Waals surface area contributed by atoms with Crippen LogP contribution in [0.4, 0.5) is 13.2 Å². The number of ether oxygens (including phenoxy) is 1. The van der Waals surface area contributed by atoms with Gasteiger partial charge in [0.05, 0.1) is 12.2 Å². The van der Waals surface area contributed by atoms with E-state index in [4.69, 9.17) is 5.73 Å². The summed E-state index contributed by atoms with van der Waals surface area (Å²) in [7, 11) is 0. The third-order valence-electron chi connectivity index (χ3n) is 2.73. The maximum atomic E-state index is 12.8. The summed E-state index contributed by atoms with van der Waals surface area (Å²) >= 11 is 0. The van der Waals surface area contributed by atoms with Crippen molar-refractivity contribution in [2.24, 2.45) is 5.73 Å². The zero-order chi connectivity index (χ0) is 15.4. The van der Waals surface area contributed by atoms with Gasteiger partial charge in [0.15, 0.2) is 0 Å². The molecule has 20 heavy (non-hydrogen) atoms. The fourth-order valence-corrected chi connectivity index (χ4v) is 1.70. The van der Waals surface area contributed by atoms with Crippen LogP contribution in [0.25, 0.3) is 0 Å². The Kier molecular flexibility index (Phi) is 5.13. The Morgan fingerprint density at radius 3 is 2.50 bits per heavy atom. The van der Waals surface area contributed by atoms with Crippen LogP contribution in [-0.4, -0.2) is 23.4 Å². The van der Waals surface area contributed by atoms with Gasteiger partial charge in [-0.3, -0.25) is 5.73 Å². The smallest absolute Gasteiger partial charge is 0.416 e. The molecule has 0 aliphatic rings. The number of halogens is 3. The Balaban J connectivity index is 2.83. The van der Waals surface area contributed by atoms with Crippen LogP contribution >= 0.6 is 0 Å². The second kappa shape index (κ2) is 6.23. The lowest BCUT2D eigenvalue weighted by molar-refractivity contribution is -0.165. The van der Waals surface area contributed by atoms with E-state index in [2.05, 4.69) is 4.74 Å². The molecule has 1 atom stereocenters. The Morgan fingerprint density at radius 2 is 1.95 bits per heavy atom. The fourth-order valence-electron chi connectivity index (χ4n) is 1.70. The molecule has 0 spiro atoms. The van der Waals surface area contributed by atoms with Crippen LogP contribution in [0.5, 0.6) is 0 Å². The van der Waals surface area contributed by atoms with Crippen molar-refractivity contribution in [1.29, 1.82) is 0 Å². The summed E-state index contributed by atoms with van der Waals surface area (Å²) in [4.78, 5) is 11.3. The van der Waals surface area contributed by atoms with Crippen LogP contribution in [0, 0.1) is 0 Å². The molecule has 112 valence electrons. The van der Waals surface area contributed by atoms with Gasteiger partial charge in [0.2, 0.25) is 5.72 Å². The first-order chi connectivity index (χ1) is 9.18. The number of carbonyl (C=O) groups is 1. The molecule has 0 saturated heterocycles. The molecule has 0 aromatic heterocycles. The molecule has 0 fully saturated rings. The summed E-state index contributed by atoms with van der Waals surface area (Å²) in [5.74, 6) is -1.05. The maximum absolute atomic E-state index is 12.8. The molecular weight excluding hydrogens is 275 g/mol. The highest BCUT2D eigenvalue weighted by Gasteiger charge is 2.36. The largest absolute Gasteiger partial charge is 0.463 e. The summed E-state index contributed by atoms with van der Waals surface area (Å²) in [6.07, 6.45) is -5.05. The quantitative estimate of drug-likeness (QED) is 0.641. The molecule has 3 N–H and O–H groups in total. The van der Waals surface area contributed by atoms with Crippen LogP contribution in [0.3, 0.4) is 0 Å². The molecule has 0 bridgehead atoms. The summed E-state index contributed by atoms with van der Waals surface area (Å²) in [6, 6.07) is 4.94. The second-order valence-electron chi connectivity index (χ2n) is 4.30. The van der Waals surface area contributed by atoms with E-state index >= 15 is 0 Å². The Hall–Kier alpha value is -1.60. The van der Waals surface area contributed by atoms with Crippen LogP contribution < -0.4 is 5.73 Å². The predicted molar refractivity (Wildman–Crippen MR) is 65.5 cm³/mol. The van der Waals surface area contributed by atoms with Gasteiger partial charge in [0, 0.05) is 6.42 Å². The lowest BCUT2D eigenvalue weighted by Crippen LogP contribution is -2.49. The van der Waals surface area contributed by atoms with Crippen molar-refractivity contribution in [2.45, 2.75) is 31.7 Å². The number of carbonyl (C=O) groups excluding carboxylic acids is 1.